The third-order valence-corrected chi connectivity index (χ3v) is 1.85. The number of hydrogen-bond donors (Lipinski definition) is 1. The summed E-state index contributed by atoms with van der Waals surface area (Å²) in [6.45, 7) is 1.97. The fraction of sp³-hybridized carbons (Fsp3) is 1.00. The third-order valence-electron chi connectivity index (χ3n) is 1.19. The van der Waals surface area contributed by atoms with E-state index in [1.54, 1.807) is 6.92 Å². The maximum Gasteiger partial charge on any atom is 0.0674 e. The molecule has 0 spiro atoms. The Morgan fingerprint density at radius 1 is 1.80 bits per heavy atom. The predicted molar refractivity (Wildman–Crippen MR) is 37.8 cm³/mol. The molecule has 62 valence electrons. The number of aliphatic hydroxyl groups excluding tert-OH is 1. The van der Waals surface area contributed by atoms with Crippen LogP contribution in [0.3, 0.4) is 0 Å². The summed E-state index contributed by atoms with van der Waals surface area (Å²) in [5.41, 5.74) is 0. The monoisotopic (exact) mass is 166 g/mol. The first-order valence-corrected chi connectivity index (χ1v) is 4.09. The molecule has 0 bridgehead atoms. The zero-order valence-corrected chi connectivity index (χ0v) is 6.93. The summed E-state index contributed by atoms with van der Waals surface area (Å²) in [5.74, 6) is 0. The minimum absolute atomic E-state index is 0.173. The lowest BCUT2D eigenvalue weighted by molar-refractivity contribution is 0.148. The van der Waals surface area contributed by atoms with Crippen molar-refractivity contribution in [3.63, 3.8) is 0 Å². The number of nitrogens with zero attached hydrogens (tertiary/aromatic N) is 1. The van der Waals surface area contributed by atoms with Crippen molar-refractivity contribution in [2.24, 2.45) is 0 Å². The van der Waals surface area contributed by atoms with Gasteiger partial charge in [0.05, 0.1) is 6.10 Å². The van der Waals surface area contributed by atoms with Crippen molar-refractivity contribution >= 4 is 11.3 Å². The van der Waals surface area contributed by atoms with E-state index in [0.717, 1.165) is 4.31 Å². The van der Waals surface area contributed by atoms with Gasteiger partial charge in [-0.15, -0.1) is 0 Å². The minimum atomic E-state index is -2.21. The molecule has 0 aromatic heterocycles. The summed E-state index contributed by atoms with van der Waals surface area (Å²) >= 11 is -2.21. The van der Waals surface area contributed by atoms with Gasteiger partial charge in [0.2, 0.25) is 0 Å². The highest BCUT2D eigenvalue weighted by molar-refractivity contribution is 7.76. The van der Waals surface area contributed by atoms with Crippen LogP contribution in [-0.2, 0) is 11.3 Å². The molecule has 1 N–H and O–H groups in total. The van der Waals surface area contributed by atoms with Crippen LogP contribution in [0.5, 0.6) is 0 Å². The molecule has 5 heteroatoms. The van der Waals surface area contributed by atoms with Crippen LogP contribution in [-0.4, -0.2) is 37.9 Å². The number of hydrogen-bond acceptors (Lipinski definition) is 3. The lowest BCUT2D eigenvalue weighted by Gasteiger charge is -2.20. The quantitative estimate of drug-likeness (QED) is 0.572. The van der Waals surface area contributed by atoms with Crippen molar-refractivity contribution in [2.45, 2.75) is 19.4 Å². The molecule has 0 aliphatic carbocycles. The number of aliphatic hydroxyl groups is 1. The van der Waals surface area contributed by atoms with E-state index in [0.29, 0.717) is 6.42 Å². The Hall–Kier alpha value is 0.0300. The molecule has 10 heavy (non-hydrogen) atoms. The Labute approximate surface area is 63.3 Å². The van der Waals surface area contributed by atoms with Gasteiger partial charge < -0.3 is 9.66 Å². The van der Waals surface area contributed by atoms with Crippen LogP contribution < -0.4 is 0 Å². The van der Waals surface area contributed by atoms with Crippen LogP contribution in [0.25, 0.3) is 0 Å². The molecule has 0 amide bonds. The van der Waals surface area contributed by atoms with E-state index in [1.165, 1.54) is 7.05 Å². The highest BCUT2D eigenvalue weighted by Gasteiger charge is 2.04. The molecular formula is C5H12NO3S-. The minimum Gasteiger partial charge on any atom is -0.760 e. The maximum absolute atomic E-state index is 10.2. The van der Waals surface area contributed by atoms with Crippen molar-refractivity contribution in [3.05, 3.63) is 0 Å². The molecule has 0 heterocycles. The summed E-state index contributed by atoms with van der Waals surface area (Å²) in [6.07, 6.45) is 0.0181. The molecule has 0 radical (unpaired) electrons. The Morgan fingerprint density at radius 2 is 2.30 bits per heavy atom. The van der Waals surface area contributed by atoms with Gasteiger partial charge in [-0.1, -0.05) is 6.92 Å². The molecule has 0 rings (SSSR count). The summed E-state index contributed by atoms with van der Waals surface area (Å²) in [4.78, 5) is 0. The van der Waals surface area contributed by atoms with Gasteiger partial charge in [-0.3, -0.25) is 4.21 Å². The lowest BCUT2D eigenvalue weighted by atomic mass is 10.3. The van der Waals surface area contributed by atoms with Crippen molar-refractivity contribution in [3.8, 4) is 0 Å². The smallest absolute Gasteiger partial charge is 0.0674 e. The van der Waals surface area contributed by atoms with Crippen LogP contribution >= 0.6 is 0 Å². The largest absolute Gasteiger partial charge is 0.760 e. The van der Waals surface area contributed by atoms with Gasteiger partial charge in [-0.05, 0) is 13.5 Å². The van der Waals surface area contributed by atoms with Gasteiger partial charge in [0.1, 0.15) is 0 Å². The normalized spacial score (nSPS) is 17.3. The van der Waals surface area contributed by atoms with Gasteiger partial charge in [0.25, 0.3) is 0 Å². The predicted octanol–water partition coefficient (Wildman–Crippen LogP) is -0.517. The molecule has 1 unspecified atom stereocenters. The lowest BCUT2D eigenvalue weighted by Crippen LogP contribution is -2.29. The van der Waals surface area contributed by atoms with E-state index in [1.807, 2.05) is 0 Å². The fourth-order valence-electron chi connectivity index (χ4n) is 0.487. The average Bonchev–Trinajstić information content (AvgIpc) is 1.87. The first-order valence-electron chi connectivity index (χ1n) is 3.06. The van der Waals surface area contributed by atoms with Gasteiger partial charge in [-0.25, -0.2) is 4.31 Å². The summed E-state index contributed by atoms with van der Waals surface area (Å²) in [5, 5.41) is 8.96. The van der Waals surface area contributed by atoms with Crippen LogP contribution in [0.1, 0.15) is 13.3 Å². The molecule has 0 aromatic carbocycles. The van der Waals surface area contributed by atoms with E-state index in [9.17, 15) is 8.76 Å². The molecule has 0 aliphatic heterocycles. The molecule has 0 saturated carbocycles. The van der Waals surface area contributed by atoms with E-state index in [2.05, 4.69) is 0 Å². The number of likely N-dealkylation sites (N-methyl/N-ethyl adjacent to an activating group) is 1. The van der Waals surface area contributed by atoms with Crippen molar-refractivity contribution in [1.29, 1.82) is 0 Å². The molecule has 0 fully saturated rings. The van der Waals surface area contributed by atoms with E-state index < -0.39 is 17.4 Å². The summed E-state index contributed by atoms with van der Waals surface area (Å²) in [7, 11) is 1.42. The molecule has 0 aliphatic rings. The van der Waals surface area contributed by atoms with Crippen molar-refractivity contribution in [2.75, 3.05) is 13.6 Å². The molecule has 2 atom stereocenters. The SMILES string of the molecule is CC[C@H](O)CN(C)S(=O)[O-]. The van der Waals surface area contributed by atoms with Gasteiger partial charge in [0, 0.05) is 17.8 Å². The van der Waals surface area contributed by atoms with Gasteiger partial charge >= 0.3 is 0 Å². The zero-order valence-electron chi connectivity index (χ0n) is 6.11. The zero-order chi connectivity index (χ0) is 8.15. The molecule has 0 saturated heterocycles. The van der Waals surface area contributed by atoms with Crippen LogP contribution in [0.15, 0.2) is 0 Å². The van der Waals surface area contributed by atoms with E-state index >= 15 is 0 Å². The second-order valence-electron chi connectivity index (χ2n) is 2.09. The van der Waals surface area contributed by atoms with Crippen LogP contribution in [0.4, 0.5) is 0 Å². The maximum atomic E-state index is 10.2. The molecule has 0 aromatic rings. The van der Waals surface area contributed by atoms with Crippen molar-refractivity contribution in [1.82, 2.24) is 4.31 Å². The highest BCUT2D eigenvalue weighted by Crippen LogP contribution is 1.94. The molecular weight excluding hydrogens is 154 g/mol. The highest BCUT2D eigenvalue weighted by atomic mass is 32.2. The number of rotatable bonds is 4. The Balaban J connectivity index is 3.56. The Morgan fingerprint density at radius 3 is 2.60 bits per heavy atom. The first-order chi connectivity index (χ1) is 4.57. The first kappa shape index (κ1) is 10.0. The molecule has 4 nitrogen and oxygen atoms in total. The Bertz CT molecular complexity index is 119. The van der Waals surface area contributed by atoms with E-state index in [-0.39, 0.29) is 6.54 Å². The standard InChI is InChI=1S/C5H13NO3S/c1-3-5(7)4-6(2)10(8)9/h5,7H,3-4H2,1-2H3,(H,8,9)/p-1/t5-/m0/s1. The Kier molecular flexibility index (Phi) is 4.80. The second-order valence-corrected chi connectivity index (χ2v) is 3.15. The third kappa shape index (κ3) is 3.94. The van der Waals surface area contributed by atoms with Gasteiger partial charge in [-0.2, -0.15) is 0 Å². The van der Waals surface area contributed by atoms with Crippen LogP contribution in [0.2, 0.25) is 0 Å². The van der Waals surface area contributed by atoms with Crippen molar-refractivity contribution < 1.29 is 13.9 Å². The van der Waals surface area contributed by atoms with E-state index in [4.69, 9.17) is 5.11 Å². The average molecular weight is 166 g/mol. The second kappa shape index (κ2) is 4.79. The van der Waals surface area contributed by atoms with Crippen LogP contribution in [0, 0.1) is 0 Å². The van der Waals surface area contributed by atoms with Gasteiger partial charge in [0.15, 0.2) is 0 Å². The topological polar surface area (TPSA) is 63.6 Å². The summed E-state index contributed by atoms with van der Waals surface area (Å²) in [6, 6.07) is 0. The summed E-state index contributed by atoms with van der Waals surface area (Å²) < 4.78 is 21.4. The fourth-order valence-corrected chi connectivity index (χ4v) is 0.781.